The Morgan fingerprint density at radius 3 is 3.17 bits per heavy atom. The van der Waals surface area contributed by atoms with E-state index >= 15 is 0 Å². The summed E-state index contributed by atoms with van der Waals surface area (Å²) in [4.78, 5) is 8.14. The van der Waals surface area contributed by atoms with Crippen LogP contribution in [-0.2, 0) is 6.42 Å². The van der Waals surface area contributed by atoms with Gasteiger partial charge >= 0.3 is 0 Å². The lowest BCUT2D eigenvalue weighted by Crippen LogP contribution is -2.40. The van der Waals surface area contributed by atoms with Crippen LogP contribution in [0.2, 0.25) is 0 Å². The van der Waals surface area contributed by atoms with Crippen molar-refractivity contribution in [3.63, 3.8) is 0 Å². The van der Waals surface area contributed by atoms with Crippen LogP contribution in [0.15, 0.2) is 22.5 Å². The van der Waals surface area contributed by atoms with E-state index in [2.05, 4.69) is 39.6 Å². The maximum atomic E-state index is 9.57. The number of hydrogen-bond donors (Lipinski definition) is 2. The van der Waals surface area contributed by atoms with Crippen molar-refractivity contribution in [2.75, 3.05) is 26.2 Å². The van der Waals surface area contributed by atoms with Gasteiger partial charge in [-0.15, -0.1) is 11.3 Å². The summed E-state index contributed by atoms with van der Waals surface area (Å²) < 4.78 is 0. The van der Waals surface area contributed by atoms with Gasteiger partial charge in [0.25, 0.3) is 0 Å². The second-order valence-electron chi connectivity index (χ2n) is 4.45. The van der Waals surface area contributed by atoms with Crippen molar-refractivity contribution >= 4 is 17.3 Å². The van der Waals surface area contributed by atoms with Crippen LogP contribution in [0.1, 0.15) is 18.2 Å². The molecule has 2 rings (SSSR count). The van der Waals surface area contributed by atoms with E-state index in [0.717, 1.165) is 38.4 Å². The first-order valence-corrected chi connectivity index (χ1v) is 7.41. The highest BCUT2D eigenvalue weighted by Crippen LogP contribution is 2.11. The fourth-order valence-electron chi connectivity index (χ4n) is 2.09. The minimum absolute atomic E-state index is 0.203. The summed E-state index contributed by atoms with van der Waals surface area (Å²) in [6.45, 7) is 5.33. The van der Waals surface area contributed by atoms with Gasteiger partial charge in [-0.1, -0.05) is 6.07 Å². The zero-order valence-corrected chi connectivity index (χ0v) is 11.6. The average molecular weight is 267 g/mol. The van der Waals surface area contributed by atoms with Crippen LogP contribution in [0, 0.1) is 0 Å². The van der Waals surface area contributed by atoms with E-state index in [-0.39, 0.29) is 6.10 Å². The number of β-amino-alcohol motifs (C(OH)–C–C–N with tert-alkyl or cyclic N) is 1. The second-order valence-corrected chi connectivity index (χ2v) is 5.49. The molecule has 5 heteroatoms. The summed E-state index contributed by atoms with van der Waals surface area (Å²) in [6, 6.07) is 4.22. The van der Waals surface area contributed by atoms with Gasteiger partial charge in [0.15, 0.2) is 5.96 Å². The number of aliphatic imine (C=N–C) groups is 1. The Bertz CT molecular complexity index is 378. The highest BCUT2D eigenvalue weighted by molar-refractivity contribution is 7.09. The van der Waals surface area contributed by atoms with Crippen molar-refractivity contribution < 1.29 is 5.11 Å². The number of aliphatic hydroxyl groups excluding tert-OH is 1. The van der Waals surface area contributed by atoms with Gasteiger partial charge < -0.3 is 15.3 Å². The molecule has 100 valence electrons. The number of likely N-dealkylation sites (tertiary alicyclic amines) is 1. The van der Waals surface area contributed by atoms with Crippen molar-refractivity contribution in [1.82, 2.24) is 10.2 Å². The Hall–Kier alpha value is -1.07. The van der Waals surface area contributed by atoms with Gasteiger partial charge in [0.1, 0.15) is 0 Å². The van der Waals surface area contributed by atoms with E-state index in [0.29, 0.717) is 6.54 Å². The van der Waals surface area contributed by atoms with Gasteiger partial charge in [-0.2, -0.15) is 0 Å². The average Bonchev–Trinajstić information content (AvgIpc) is 2.99. The minimum Gasteiger partial charge on any atom is -0.391 e. The largest absolute Gasteiger partial charge is 0.391 e. The SMILES string of the molecule is CCNC(=NCCc1cccs1)N1CC[C@@H](O)C1. The zero-order chi connectivity index (χ0) is 12.8. The lowest BCUT2D eigenvalue weighted by molar-refractivity contribution is 0.188. The summed E-state index contributed by atoms with van der Waals surface area (Å²) in [6.07, 6.45) is 1.63. The van der Waals surface area contributed by atoms with Gasteiger partial charge in [0, 0.05) is 37.5 Å². The highest BCUT2D eigenvalue weighted by Gasteiger charge is 2.22. The van der Waals surface area contributed by atoms with E-state index in [1.54, 1.807) is 11.3 Å². The third-order valence-corrected chi connectivity index (χ3v) is 3.93. The van der Waals surface area contributed by atoms with Gasteiger partial charge in [0.2, 0.25) is 0 Å². The molecule has 0 radical (unpaired) electrons. The number of aliphatic hydroxyl groups is 1. The third-order valence-electron chi connectivity index (χ3n) is 3.00. The predicted octanol–water partition coefficient (Wildman–Crippen LogP) is 1.32. The van der Waals surface area contributed by atoms with E-state index in [1.165, 1.54) is 4.88 Å². The Kier molecular flexibility index (Phi) is 5.01. The van der Waals surface area contributed by atoms with Gasteiger partial charge in [-0.25, -0.2) is 0 Å². The molecule has 1 aliphatic heterocycles. The lowest BCUT2D eigenvalue weighted by atomic mass is 10.3. The van der Waals surface area contributed by atoms with Crippen molar-refractivity contribution in [3.8, 4) is 0 Å². The number of thiophene rings is 1. The van der Waals surface area contributed by atoms with Crippen LogP contribution in [0.3, 0.4) is 0 Å². The van der Waals surface area contributed by atoms with E-state index in [4.69, 9.17) is 0 Å². The molecule has 1 fully saturated rings. The Morgan fingerprint density at radius 2 is 2.56 bits per heavy atom. The van der Waals surface area contributed by atoms with Crippen molar-refractivity contribution in [1.29, 1.82) is 0 Å². The molecule has 0 spiro atoms. The number of hydrogen-bond acceptors (Lipinski definition) is 3. The number of guanidine groups is 1. The molecule has 1 aliphatic rings. The lowest BCUT2D eigenvalue weighted by Gasteiger charge is -2.20. The molecule has 2 heterocycles. The Labute approximate surface area is 112 Å². The van der Waals surface area contributed by atoms with Crippen LogP contribution >= 0.6 is 11.3 Å². The van der Waals surface area contributed by atoms with E-state index < -0.39 is 0 Å². The monoisotopic (exact) mass is 267 g/mol. The molecule has 1 aromatic heterocycles. The molecule has 1 atom stereocenters. The number of nitrogens with one attached hydrogen (secondary N) is 1. The molecule has 1 aromatic rings. The van der Waals surface area contributed by atoms with Crippen LogP contribution in [0.25, 0.3) is 0 Å². The molecule has 0 aliphatic carbocycles. The van der Waals surface area contributed by atoms with Crippen LogP contribution in [0.5, 0.6) is 0 Å². The molecular weight excluding hydrogens is 246 g/mol. The predicted molar refractivity (Wildman–Crippen MR) is 76.2 cm³/mol. The minimum atomic E-state index is -0.203. The van der Waals surface area contributed by atoms with Gasteiger partial charge in [-0.05, 0) is 24.8 Å². The standard InChI is InChI=1S/C13H21N3OS/c1-2-14-13(16-8-6-11(17)10-16)15-7-5-12-4-3-9-18-12/h3-4,9,11,17H,2,5-8,10H2,1H3,(H,14,15)/t11-/m1/s1. The molecule has 2 N–H and O–H groups in total. The molecular formula is C13H21N3OS. The summed E-state index contributed by atoms with van der Waals surface area (Å²) >= 11 is 1.78. The van der Waals surface area contributed by atoms with Gasteiger partial charge in [-0.3, -0.25) is 4.99 Å². The molecule has 1 saturated heterocycles. The number of nitrogens with zero attached hydrogens (tertiary/aromatic N) is 2. The van der Waals surface area contributed by atoms with E-state index in [1.807, 2.05) is 0 Å². The fraction of sp³-hybridized carbons (Fsp3) is 0.615. The second kappa shape index (κ2) is 6.75. The summed E-state index contributed by atoms with van der Waals surface area (Å²) in [5, 5.41) is 15.0. The summed E-state index contributed by atoms with van der Waals surface area (Å²) in [7, 11) is 0. The summed E-state index contributed by atoms with van der Waals surface area (Å²) in [5.74, 6) is 0.936. The smallest absolute Gasteiger partial charge is 0.194 e. The van der Waals surface area contributed by atoms with Crippen molar-refractivity contribution in [2.45, 2.75) is 25.9 Å². The Morgan fingerprint density at radius 1 is 1.67 bits per heavy atom. The fourth-order valence-corrected chi connectivity index (χ4v) is 2.79. The molecule has 4 nitrogen and oxygen atoms in total. The first kappa shape index (κ1) is 13.4. The molecule has 0 aromatic carbocycles. The molecule has 0 amide bonds. The zero-order valence-electron chi connectivity index (χ0n) is 10.8. The normalized spacial score (nSPS) is 20.4. The highest BCUT2D eigenvalue weighted by atomic mass is 32.1. The van der Waals surface area contributed by atoms with Crippen molar-refractivity contribution in [3.05, 3.63) is 22.4 Å². The molecule has 18 heavy (non-hydrogen) atoms. The van der Waals surface area contributed by atoms with Crippen LogP contribution in [-0.4, -0.2) is 48.2 Å². The van der Waals surface area contributed by atoms with Crippen molar-refractivity contribution in [2.24, 2.45) is 4.99 Å². The van der Waals surface area contributed by atoms with Crippen LogP contribution < -0.4 is 5.32 Å². The molecule has 0 saturated carbocycles. The van der Waals surface area contributed by atoms with Crippen LogP contribution in [0.4, 0.5) is 0 Å². The molecule has 0 bridgehead atoms. The summed E-state index contributed by atoms with van der Waals surface area (Å²) in [5.41, 5.74) is 0. The molecule has 0 unspecified atom stereocenters. The number of rotatable bonds is 4. The van der Waals surface area contributed by atoms with E-state index in [9.17, 15) is 5.11 Å². The quantitative estimate of drug-likeness (QED) is 0.639. The van der Waals surface area contributed by atoms with Gasteiger partial charge in [0.05, 0.1) is 6.10 Å². The topological polar surface area (TPSA) is 47.9 Å². The Balaban J connectivity index is 1.88. The maximum absolute atomic E-state index is 9.57. The maximum Gasteiger partial charge on any atom is 0.194 e. The first-order chi connectivity index (χ1) is 8.79. The third kappa shape index (κ3) is 3.71. The first-order valence-electron chi connectivity index (χ1n) is 6.53.